The van der Waals surface area contributed by atoms with Crippen LogP contribution in [0.1, 0.15) is 34.9 Å². The molecule has 3 heterocycles. The van der Waals surface area contributed by atoms with Crippen molar-refractivity contribution < 1.29 is 4.79 Å². The van der Waals surface area contributed by atoms with Gasteiger partial charge in [-0.1, -0.05) is 18.2 Å². The van der Waals surface area contributed by atoms with Crippen molar-refractivity contribution in [3.63, 3.8) is 0 Å². The van der Waals surface area contributed by atoms with Gasteiger partial charge in [0.1, 0.15) is 0 Å². The molecular formula is C19H25N5O. The van der Waals surface area contributed by atoms with Crippen LogP contribution >= 0.6 is 0 Å². The number of hydrogen-bond acceptors (Lipinski definition) is 4. The number of piperidine rings is 1. The van der Waals surface area contributed by atoms with Gasteiger partial charge in [0.25, 0.3) is 5.91 Å². The maximum Gasteiger partial charge on any atom is 0.278 e. The van der Waals surface area contributed by atoms with E-state index in [1.165, 1.54) is 5.56 Å². The van der Waals surface area contributed by atoms with Crippen LogP contribution in [-0.2, 0) is 6.54 Å². The van der Waals surface area contributed by atoms with Crippen molar-refractivity contribution in [2.24, 2.45) is 0 Å². The van der Waals surface area contributed by atoms with E-state index >= 15 is 0 Å². The lowest BCUT2D eigenvalue weighted by Crippen LogP contribution is -2.36. The summed E-state index contributed by atoms with van der Waals surface area (Å²) >= 11 is 0. The predicted molar refractivity (Wildman–Crippen MR) is 97.8 cm³/mol. The molecule has 2 aliphatic rings. The molecule has 1 atom stereocenters. The van der Waals surface area contributed by atoms with E-state index in [-0.39, 0.29) is 5.91 Å². The molecule has 132 valence electrons. The van der Waals surface area contributed by atoms with Crippen molar-refractivity contribution in [1.29, 1.82) is 0 Å². The van der Waals surface area contributed by atoms with E-state index in [4.69, 9.17) is 0 Å². The van der Waals surface area contributed by atoms with E-state index in [0.29, 0.717) is 18.3 Å². The van der Waals surface area contributed by atoms with Crippen molar-refractivity contribution in [3.8, 4) is 0 Å². The number of fused-ring (bicyclic) bond motifs is 1. The Morgan fingerprint density at radius 2 is 2.12 bits per heavy atom. The normalized spacial score (nSPS) is 21.6. The molecule has 1 aromatic heterocycles. The molecule has 0 aliphatic carbocycles. The molecule has 0 spiro atoms. The van der Waals surface area contributed by atoms with Crippen LogP contribution < -0.4 is 10.2 Å². The van der Waals surface area contributed by atoms with Crippen molar-refractivity contribution in [1.82, 2.24) is 20.0 Å². The average molecular weight is 339 g/mol. The third kappa shape index (κ3) is 3.32. The fraction of sp³-hybridized carbons (Fsp3) is 0.474. The molecule has 0 unspecified atom stereocenters. The van der Waals surface area contributed by atoms with Gasteiger partial charge in [-0.05, 0) is 44.1 Å². The van der Waals surface area contributed by atoms with Gasteiger partial charge < -0.3 is 15.1 Å². The minimum absolute atomic E-state index is 0.00901. The first kappa shape index (κ1) is 16.3. The summed E-state index contributed by atoms with van der Waals surface area (Å²) < 4.78 is 1.95. The summed E-state index contributed by atoms with van der Waals surface area (Å²) in [5.41, 5.74) is 2.72. The molecule has 0 radical (unpaired) electrons. The lowest BCUT2D eigenvalue weighted by Gasteiger charge is -2.23. The smallest absolute Gasteiger partial charge is 0.278 e. The summed E-state index contributed by atoms with van der Waals surface area (Å²) in [6.45, 7) is 4.40. The van der Waals surface area contributed by atoms with Crippen molar-refractivity contribution in [2.45, 2.75) is 25.4 Å². The lowest BCUT2D eigenvalue weighted by molar-refractivity contribution is 0.0979. The highest BCUT2D eigenvalue weighted by molar-refractivity contribution is 6.05. The van der Waals surface area contributed by atoms with Gasteiger partial charge >= 0.3 is 0 Å². The molecule has 0 bridgehead atoms. The summed E-state index contributed by atoms with van der Waals surface area (Å²) in [7, 11) is 2.09. The molecule has 2 aliphatic heterocycles. The van der Waals surface area contributed by atoms with Gasteiger partial charge in [-0.15, -0.1) is 0 Å². The first-order valence-corrected chi connectivity index (χ1v) is 9.06. The van der Waals surface area contributed by atoms with E-state index < -0.39 is 0 Å². The zero-order valence-corrected chi connectivity index (χ0v) is 14.7. The van der Waals surface area contributed by atoms with Gasteiger partial charge in [-0.2, -0.15) is 5.10 Å². The second kappa shape index (κ2) is 6.98. The van der Waals surface area contributed by atoms with Crippen molar-refractivity contribution in [2.75, 3.05) is 38.1 Å². The van der Waals surface area contributed by atoms with E-state index in [1.807, 2.05) is 40.0 Å². The minimum atomic E-state index is -0.00901. The summed E-state index contributed by atoms with van der Waals surface area (Å²) in [6.07, 6.45) is 4.21. The Morgan fingerprint density at radius 3 is 2.96 bits per heavy atom. The van der Waals surface area contributed by atoms with Crippen molar-refractivity contribution in [3.05, 3.63) is 47.8 Å². The Bertz CT molecular complexity index is 750. The highest BCUT2D eigenvalue weighted by Crippen LogP contribution is 2.26. The number of nitrogens with zero attached hydrogens (tertiary/aromatic N) is 4. The van der Waals surface area contributed by atoms with Gasteiger partial charge in [-0.25, -0.2) is 0 Å². The number of amides is 1. The number of hydrogen-bond donors (Lipinski definition) is 1. The van der Waals surface area contributed by atoms with Gasteiger partial charge in [0.2, 0.25) is 0 Å². The van der Waals surface area contributed by atoms with Crippen molar-refractivity contribution >= 4 is 11.6 Å². The van der Waals surface area contributed by atoms with Crippen LogP contribution in [0.2, 0.25) is 0 Å². The quantitative estimate of drug-likeness (QED) is 0.908. The van der Waals surface area contributed by atoms with Gasteiger partial charge in [0, 0.05) is 38.1 Å². The topological polar surface area (TPSA) is 53.4 Å². The first-order valence-electron chi connectivity index (χ1n) is 9.06. The Hall–Kier alpha value is -2.18. The molecule has 1 fully saturated rings. The number of likely N-dealkylation sites (N-methyl/N-ethyl adjacent to an activating group) is 1. The Morgan fingerprint density at radius 1 is 1.24 bits per heavy atom. The molecular weight excluding hydrogens is 314 g/mol. The SMILES string of the molecule is CN1CCN(C(=O)c2ccn([C@@H]3CCCNC3)n2)c2ccccc2C1. The van der Waals surface area contributed by atoms with Crippen LogP contribution in [0.3, 0.4) is 0 Å². The molecule has 1 saturated heterocycles. The van der Waals surface area contributed by atoms with Gasteiger partial charge in [0.15, 0.2) is 5.69 Å². The molecule has 6 heteroatoms. The van der Waals surface area contributed by atoms with Gasteiger partial charge in [0.05, 0.1) is 6.04 Å². The van der Waals surface area contributed by atoms with E-state index in [9.17, 15) is 4.79 Å². The zero-order valence-electron chi connectivity index (χ0n) is 14.7. The molecule has 2 aromatic rings. The number of aromatic nitrogens is 2. The summed E-state index contributed by atoms with van der Waals surface area (Å²) in [5, 5.41) is 8.00. The number of para-hydroxylation sites is 1. The predicted octanol–water partition coefficient (Wildman–Crippen LogP) is 1.90. The number of benzene rings is 1. The third-order valence-electron chi connectivity index (χ3n) is 5.15. The lowest BCUT2D eigenvalue weighted by atomic mass is 10.1. The Labute approximate surface area is 148 Å². The second-order valence-corrected chi connectivity index (χ2v) is 7.00. The highest BCUT2D eigenvalue weighted by Gasteiger charge is 2.26. The monoisotopic (exact) mass is 339 g/mol. The maximum atomic E-state index is 13.1. The second-order valence-electron chi connectivity index (χ2n) is 7.00. The highest BCUT2D eigenvalue weighted by atomic mass is 16.2. The molecule has 6 nitrogen and oxygen atoms in total. The Kier molecular flexibility index (Phi) is 4.55. The van der Waals surface area contributed by atoms with Crippen LogP contribution in [-0.4, -0.2) is 53.8 Å². The maximum absolute atomic E-state index is 13.1. The number of carbonyl (C=O) groups is 1. The first-order chi connectivity index (χ1) is 12.2. The van der Waals surface area contributed by atoms with Gasteiger partial charge in [-0.3, -0.25) is 9.48 Å². The number of nitrogens with one attached hydrogen (secondary N) is 1. The number of carbonyl (C=O) groups excluding carboxylic acids is 1. The molecule has 1 amide bonds. The standard InChI is InChI=1S/C19H25N5O/c1-22-11-12-23(18-7-3-2-5-15(18)14-22)19(25)17-8-10-24(21-17)16-6-4-9-20-13-16/h2-3,5,7-8,10,16,20H,4,6,9,11-14H2,1H3/t16-/m1/s1. The summed E-state index contributed by atoms with van der Waals surface area (Å²) in [4.78, 5) is 17.3. The molecule has 25 heavy (non-hydrogen) atoms. The van der Waals surface area contributed by atoms with Crippen LogP contribution in [0, 0.1) is 0 Å². The third-order valence-corrected chi connectivity index (χ3v) is 5.15. The number of rotatable bonds is 2. The molecule has 1 N–H and O–H groups in total. The van der Waals surface area contributed by atoms with E-state index in [0.717, 1.165) is 44.7 Å². The van der Waals surface area contributed by atoms with Crippen LogP contribution in [0.4, 0.5) is 5.69 Å². The molecule has 4 rings (SSSR count). The van der Waals surface area contributed by atoms with Crippen LogP contribution in [0.25, 0.3) is 0 Å². The van der Waals surface area contributed by atoms with E-state index in [2.05, 4.69) is 28.4 Å². The summed E-state index contributed by atoms with van der Waals surface area (Å²) in [5.74, 6) is -0.00901. The minimum Gasteiger partial charge on any atom is -0.315 e. The fourth-order valence-electron chi connectivity index (χ4n) is 3.73. The largest absolute Gasteiger partial charge is 0.315 e. The Balaban J connectivity index is 1.59. The zero-order chi connectivity index (χ0) is 17.2. The molecule has 1 aromatic carbocycles. The van der Waals surface area contributed by atoms with Crippen LogP contribution in [0.15, 0.2) is 36.5 Å². The molecule has 0 saturated carbocycles. The van der Waals surface area contributed by atoms with Crippen LogP contribution in [0.5, 0.6) is 0 Å². The number of anilines is 1. The summed E-state index contributed by atoms with van der Waals surface area (Å²) in [6, 6.07) is 10.4. The fourth-order valence-corrected chi connectivity index (χ4v) is 3.73. The van der Waals surface area contributed by atoms with E-state index in [1.54, 1.807) is 0 Å². The average Bonchev–Trinajstić information content (AvgIpc) is 3.07.